The molecule has 3 aliphatic rings. The normalized spacial score (nSPS) is 28.5. The summed E-state index contributed by atoms with van der Waals surface area (Å²) in [6, 6.07) is 0.0855. The molecule has 1 amide bonds. The van der Waals surface area contributed by atoms with Crippen molar-refractivity contribution in [2.24, 2.45) is 5.92 Å². The molecule has 1 saturated carbocycles. The first-order valence-electron chi connectivity index (χ1n) is 8.36. The van der Waals surface area contributed by atoms with Crippen molar-refractivity contribution < 1.29 is 9.32 Å². The number of carbonyl (C=O) groups excluding carboxylic acids is 1. The molecule has 0 spiro atoms. The number of hydrogen-bond donors (Lipinski definition) is 1. The summed E-state index contributed by atoms with van der Waals surface area (Å²) in [5.74, 6) is 3.38. The molecule has 2 aliphatic heterocycles. The standard InChI is InChI=1S/C15H23N5O2S.ClH/c1-19-6-5-16-7-11(19)13-17-14(22-18-13)12-8-23-9-20(12)15(21)10-3-2-4-10;/h10-12,16H,2-9H2,1H3;1H. The quantitative estimate of drug-likeness (QED) is 0.859. The van der Waals surface area contributed by atoms with Crippen LogP contribution in [0, 0.1) is 5.92 Å². The minimum absolute atomic E-state index is 0. The highest BCUT2D eigenvalue weighted by Crippen LogP contribution is 2.37. The molecule has 3 fully saturated rings. The Hall–Kier alpha value is -0.830. The minimum Gasteiger partial charge on any atom is -0.337 e. The lowest BCUT2D eigenvalue weighted by Gasteiger charge is -2.31. The molecule has 9 heteroatoms. The number of piperazine rings is 1. The van der Waals surface area contributed by atoms with Gasteiger partial charge in [0.05, 0.1) is 11.9 Å². The Bertz CT molecular complexity index is 582. The number of carbonyl (C=O) groups is 1. The zero-order valence-electron chi connectivity index (χ0n) is 13.8. The summed E-state index contributed by atoms with van der Waals surface area (Å²) in [6.07, 6.45) is 3.23. The predicted octanol–water partition coefficient (Wildman–Crippen LogP) is 1.44. The lowest BCUT2D eigenvalue weighted by Crippen LogP contribution is -2.44. The van der Waals surface area contributed by atoms with E-state index >= 15 is 0 Å². The Balaban J connectivity index is 0.00000169. The third kappa shape index (κ3) is 3.29. The molecule has 2 unspecified atom stereocenters. The minimum atomic E-state index is -0.0591. The Morgan fingerprint density at radius 3 is 2.92 bits per heavy atom. The maximum absolute atomic E-state index is 12.6. The van der Waals surface area contributed by atoms with E-state index in [-0.39, 0.29) is 36.3 Å². The maximum Gasteiger partial charge on any atom is 0.250 e. The van der Waals surface area contributed by atoms with Gasteiger partial charge in [-0.25, -0.2) is 0 Å². The topological polar surface area (TPSA) is 74.5 Å². The molecule has 2 saturated heterocycles. The number of thioether (sulfide) groups is 1. The third-order valence-corrected chi connectivity index (χ3v) is 6.18. The Labute approximate surface area is 152 Å². The SMILES string of the molecule is CN1CCNCC1c1noc(C2CSCN2C(=O)C2CCC2)n1.Cl. The number of hydrogen-bond acceptors (Lipinski definition) is 7. The van der Waals surface area contributed by atoms with Gasteiger partial charge in [-0.15, -0.1) is 24.2 Å². The molecule has 1 aromatic rings. The summed E-state index contributed by atoms with van der Waals surface area (Å²) in [6.45, 7) is 2.79. The third-order valence-electron chi connectivity index (χ3n) is 5.17. The van der Waals surface area contributed by atoms with Gasteiger partial charge in [-0.2, -0.15) is 4.98 Å². The van der Waals surface area contributed by atoms with Crippen LogP contribution in [0.25, 0.3) is 0 Å². The van der Waals surface area contributed by atoms with E-state index in [4.69, 9.17) is 4.52 Å². The fraction of sp³-hybridized carbons (Fsp3) is 0.800. The summed E-state index contributed by atoms with van der Waals surface area (Å²) in [7, 11) is 2.08. The van der Waals surface area contributed by atoms with Crippen molar-refractivity contribution in [3.05, 3.63) is 11.7 Å². The molecule has 3 heterocycles. The van der Waals surface area contributed by atoms with Crippen LogP contribution in [0.5, 0.6) is 0 Å². The van der Waals surface area contributed by atoms with Crippen LogP contribution in [0.15, 0.2) is 4.52 Å². The van der Waals surface area contributed by atoms with E-state index in [1.165, 1.54) is 6.42 Å². The van der Waals surface area contributed by atoms with Crippen LogP contribution >= 0.6 is 24.2 Å². The number of halogens is 1. The van der Waals surface area contributed by atoms with Gasteiger partial charge in [0, 0.05) is 31.3 Å². The van der Waals surface area contributed by atoms with E-state index in [2.05, 4.69) is 27.4 Å². The summed E-state index contributed by atoms with van der Waals surface area (Å²) < 4.78 is 5.54. The molecule has 0 bridgehead atoms. The second kappa shape index (κ2) is 7.59. The fourth-order valence-corrected chi connectivity index (χ4v) is 4.52. The van der Waals surface area contributed by atoms with Gasteiger partial charge in [0.1, 0.15) is 6.04 Å². The molecular weight excluding hydrogens is 350 g/mol. The summed E-state index contributed by atoms with van der Waals surface area (Å²) in [5.41, 5.74) is 0. The fourth-order valence-electron chi connectivity index (χ4n) is 3.37. The molecule has 1 aromatic heterocycles. The zero-order valence-corrected chi connectivity index (χ0v) is 15.4. The Morgan fingerprint density at radius 1 is 1.38 bits per heavy atom. The molecular formula is C15H24ClN5O2S. The predicted molar refractivity (Wildman–Crippen MR) is 94.0 cm³/mol. The van der Waals surface area contributed by atoms with E-state index < -0.39 is 0 Å². The Morgan fingerprint density at radius 2 is 2.21 bits per heavy atom. The Kier molecular flexibility index (Phi) is 5.69. The first-order valence-corrected chi connectivity index (χ1v) is 9.52. The second-order valence-electron chi connectivity index (χ2n) is 6.64. The number of rotatable bonds is 3. The molecule has 1 N–H and O–H groups in total. The van der Waals surface area contributed by atoms with Crippen molar-refractivity contribution in [3.63, 3.8) is 0 Å². The van der Waals surface area contributed by atoms with E-state index in [9.17, 15) is 4.79 Å². The van der Waals surface area contributed by atoms with Crippen LogP contribution in [-0.4, -0.2) is 64.2 Å². The highest BCUT2D eigenvalue weighted by atomic mass is 35.5. The van der Waals surface area contributed by atoms with E-state index in [1.807, 2.05) is 4.90 Å². The monoisotopic (exact) mass is 373 g/mol. The van der Waals surface area contributed by atoms with Crippen LogP contribution in [0.2, 0.25) is 0 Å². The van der Waals surface area contributed by atoms with Crippen molar-refractivity contribution in [3.8, 4) is 0 Å². The number of nitrogens with zero attached hydrogens (tertiary/aromatic N) is 4. The van der Waals surface area contributed by atoms with Crippen molar-refractivity contribution in [2.75, 3.05) is 38.3 Å². The van der Waals surface area contributed by atoms with Gasteiger partial charge < -0.3 is 14.7 Å². The first kappa shape index (κ1) is 18.0. The summed E-state index contributed by atoms with van der Waals surface area (Å²) in [4.78, 5) is 21.4. The van der Waals surface area contributed by atoms with Gasteiger partial charge in [-0.05, 0) is 19.9 Å². The lowest BCUT2D eigenvalue weighted by molar-refractivity contribution is -0.139. The molecule has 1 aliphatic carbocycles. The molecule has 2 atom stereocenters. The van der Waals surface area contributed by atoms with Crippen molar-refractivity contribution in [1.82, 2.24) is 25.3 Å². The maximum atomic E-state index is 12.6. The smallest absolute Gasteiger partial charge is 0.250 e. The van der Waals surface area contributed by atoms with E-state index in [0.29, 0.717) is 5.89 Å². The highest BCUT2D eigenvalue weighted by Gasteiger charge is 2.39. The van der Waals surface area contributed by atoms with Crippen LogP contribution in [-0.2, 0) is 4.79 Å². The van der Waals surface area contributed by atoms with Gasteiger partial charge >= 0.3 is 0 Å². The van der Waals surface area contributed by atoms with Gasteiger partial charge in [0.15, 0.2) is 5.82 Å². The number of likely N-dealkylation sites (N-methyl/N-ethyl adjacent to an activating group) is 1. The van der Waals surface area contributed by atoms with E-state index in [1.54, 1.807) is 11.8 Å². The molecule has 0 aromatic carbocycles. The lowest BCUT2D eigenvalue weighted by atomic mass is 9.84. The molecule has 7 nitrogen and oxygen atoms in total. The zero-order chi connectivity index (χ0) is 15.8. The number of aromatic nitrogens is 2. The van der Waals surface area contributed by atoms with Crippen molar-refractivity contribution in [1.29, 1.82) is 0 Å². The largest absolute Gasteiger partial charge is 0.337 e. The van der Waals surface area contributed by atoms with Gasteiger partial charge in [-0.3, -0.25) is 9.69 Å². The second-order valence-corrected chi connectivity index (χ2v) is 7.64. The van der Waals surface area contributed by atoms with Gasteiger partial charge in [-0.1, -0.05) is 11.6 Å². The summed E-state index contributed by atoms with van der Waals surface area (Å²) in [5, 5.41) is 7.56. The van der Waals surface area contributed by atoms with Crippen molar-refractivity contribution in [2.45, 2.75) is 31.3 Å². The first-order chi connectivity index (χ1) is 11.2. The van der Waals surface area contributed by atoms with Crippen LogP contribution < -0.4 is 5.32 Å². The van der Waals surface area contributed by atoms with Gasteiger partial charge in [0.25, 0.3) is 0 Å². The summed E-state index contributed by atoms with van der Waals surface area (Å²) >= 11 is 1.77. The molecule has 4 rings (SSSR count). The van der Waals surface area contributed by atoms with Crippen LogP contribution in [0.4, 0.5) is 0 Å². The van der Waals surface area contributed by atoms with Crippen LogP contribution in [0.3, 0.4) is 0 Å². The van der Waals surface area contributed by atoms with E-state index in [0.717, 1.165) is 49.9 Å². The van der Waals surface area contributed by atoms with Gasteiger partial charge in [0.2, 0.25) is 11.8 Å². The molecule has 0 radical (unpaired) electrons. The average Bonchev–Trinajstić information content (AvgIpc) is 3.14. The van der Waals surface area contributed by atoms with Crippen molar-refractivity contribution >= 4 is 30.1 Å². The number of nitrogens with one attached hydrogen (secondary N) is 1. The van der Waals surface area contributed by atoms with Crippen LogP contribution in [0.1, 0.15) is 43.1 Å². The average molecular weight is 374 g/mol. The highest BCUT2D eigenvalue weighted by molar-refractivity contribution is 7.99. The molecule has 24 heavy (non-hydrogen) atoms. The number of amides is 1. The molecule has 134 valence electrons.